The first kappa shape index (κ1) is 13.9. The average Bonchev–Trinajstić information content (AvgIpc) is 3.13. The van der Waals surface area contributed by atoms with Crippen LogP contribution in [0.25, 0.3) is 22.8 Å². The molecule has 0 aliphatic carbocycles. The van der Waals surface area contributed by atoms with Crippen molar-refractivity contribution in [2.45, 2.75) is 0 Å². The van der Waals surface area contributed by atoms with Gasteiger partial charge < -0.3 is 14.7 Å². The lowest BCUT2D eigenvalue weighted by atomic mass is 10.2. The molecule has 6 nitrogen and oxygen atoms in total. The molecular weight excluding hydrogens is 290 g/mol. The average molecular weight is 307 g/mol. The third-order valence-electron chi connectivity index (χ3n) is 3.89. The summed E-state index contributed by atoms with van der Waals surface area (Å²) < 4.78 is 5.49. The minimum Gasteiger partial charge on any atom is -0.353 e. The number of rotatable bonds is 3. The number of nitrogens with zero attached hydrogens (tertiary/aromatic N) is 4. The van der Waals surface area contributed by atoms with Crippen LogP contribution in [-0.4, -0.2) is 41.3 Å². The van der Waals surface area contributed by atoms with Crippen molar-refractivity contribution in [3.05, 3.63) is 48.7 Å². The first-order valence-corrected chi connectivity index (χ1v) is 7.72. The second-order valence-corrected chi connectivity index (χ2v) is 5.40. The van der Waals surface area contributed by atoms with E-state index in [2.05, 4.69) is 25.3 Å². The SMILES string of the molecule is c1ccc(-c2noc(-c3cccnc3N3CCNCC3)n2)cc1. The smallest absolute Gasteiger partial charge is 0.261 e. The quantitative estimate of drug-likeness (QED) is 0.800. The van der Waals surface area contributed by atoms with Gasteiger partial charge in [0.2, 0.25) is 5.82 Å². The van der Waals surface area contributed by atoms with Crippen molar-refractivity contribution in [2.24, 2.45) is 0 Å². The van der Waals surface area contributed by atoms with E-state index in [1.165, 1.54) is 0 Å². The van der Waals surface area contributed by atoms with E-state index in [9.17, 15) is 0 Å². The number of piperazine rings is 1. The van der Waals surface area contributed by atoms with Crippen LogP contribution in [-0.2, 0) is 0 Å². The van der Waals surface area contributed by atoms with E-state index < -0.39 is 0 Å². The second-order valence-electron chi connectivity index (χ2n) is 5.40. The zero-order chi connectivity index (χ0) is 15.5. The molecule has 0 bridgehead atoms. The van der Waals surface area contributed by atoms with Crippen LogP contribution < -0.4 is 10.2 Å². The van der Waals surface area contributed by atoms with Crippen molar-refractivity contribution in [3.63, 3.8) is 0 Å². The van der Waals surface area contributed by atoms with Crippen LogP contribution in [0.2, 0.25) is 0 Å². The fourth-order valence-electron chi connectivity index (χ4n) is 2.73. The van der Waals surface area contributed by atoms with Crippen LogP contribution in [0.3, 0.4) is 0 Å². The molecule has 0 saturated carbocycles. The summed E-state index contributed by atoms with van der Waals surface area (Å²) in [6.07, 6.45) is 1.80. The van der Waals surface area contributed by atoms with E-state index in [0.717, 1.165) is 43.1 Å². The molecule has 0 radical (unpaired) electrons. The molecule has 6 heteroatoms. The van der Waals surface area contributed by atoms with Gasteiger partial charge in [-0.15, -0.1) is 0 Å². The number of nitrogens with one attached hydrogen (secondary N) is 1. The summed E-state index contributed by atoms with van der Waals surface area (Å²) in [5.74, 6) is 2.00. The van der Waals surface area contributed by atoms with Gasteiger partial charge in [-0.25, -0.2) is 4.98 Å². The number of benzene rings is 1. The summed E-state index contributed by atoms with van der Waals surface area (Å²) >= 11 is 0. The first-order chi connectivity index (χ1) is 11.4. The van der Waals surface area contributed by atoms with Crippen molar-refractivity contribution in [1.82, 2.24) is 20.4 Å². The molecule has 1 aliphatic heterocycles. The Morgan fingerprint density at radius 1 is 1.00 bits per heavy atom. The molecule has 0 amide bonds. The van der Waals surface area contributed by atoms with Crippen LogP contribution in [0.15, 0.2) is 53.2 Å². The molecule has 1 saturated heterocycles. The Bertz CT molecular complexity index is 780. The van der Waals surface area contributed by atoms with Gasteiger partial charge in [-0.3, -0.25) is 0 Å². The van der Waals surface area contributed by atoms with Crippen molar-refractivity contribution >= 4 is 5.82 Å². The number of hydrogen-bond donors (Lipinski definition) is 1. The third kappa shape index (κ3) is 2.80. The zero-order valence-corrected chi connectivity index (χ0v) is 12.6. The molecule has 1 fully saturated rings. The highest BCUT2D eigenvalue weighted by molar-refractivity contribution is 5.71. The van der Waals surface area contributed by atoms with Crippen LogP contribution in [0.5, 0.6) is 0 Å². The molecule has 116 valence electrons. The Morgan fingerprint density at radius 2 is 1.83 bits per heavy atom. The maximum atomic E-state index is 5.49. The Hall–Kier alpha value is -2.73. The fourth-order valence-corrected chi connectivity index (χ4v) is 2.73. The summed E-state index contributed by atoms with van der Waals surface area (Å²) in [6, 6.07) is 13.7. The van der Waals surface area contributed by atoms with Gasteiger partial charge >= 0.3 is 0 Å². The van der Waals surface area contributed by atoms with Gasteiger partial charge in [0.1, 0.15) is 5.82 Å². The molecule has 0 spiro atoms. The predicted octanol–water partition coefficient (Wildman–Crippen LogP) is 2.21. The van der Waals surface area contributed by atoms with Crippen molar-refractivity contribution in [1.29, 1.82) is 0 Å². The maximum absolute atomic E-state index is 5.49. The maximum Gasteiger partial charge on any atom is 0.261 e. The van der Waals surface area contributed by atoms with Gasteiger partial charge in [-0.05, 0) is 12.1 Å². The van der Waals surface area contributed by atoms with Gasteiger partial charge in [-0.1, -0.05) is 35.5 Å². The van der Waals surface area contributed by atoms with E-state index in [1.54, 1.807) is 6.20 Å². The highest BCUT2D eigenvalue weighted by Gasteiger charge is 2.20. The normalized spacial score (nSPS) is 14.9. The van der Waals surface area contributed by atoms with Gasteiger partial charge in [0.25, 0.3) is 5.89 Å². The minimum atomic E-state index is 0.505. The van der Waals surface area contributed by atoms with Crippen molar-refractivity contribution in [3.8, 4) is 22.8 Å². The molecule has 0 atom stereocenters. The van der Waals surface area contributed by atoms with Gasteiger partial charge in [-0.2, -0.15) is 4.98 Å². The number of anilines is 1. The van der Waals surface area contributed by atoms with Gasteiger partial charge in [0.15, 0.2) is 0 Å². The summed E-state index contributed by atoms with van der Waals surface area (Å²) in [6.45, 7) is 3.75. The molecule has 1 aromatic carbocycles. The van der Waals surface area contributed by atoms with Crippen molar-refractivity contribution < 1.29 is 4.52 Å². The number of hydrogen-bond acceptors (Lipinski definition) is 6. The molecule has 2 aromatic heterocycles. The van der Waals surface area contributed by atoms with Crippen LogP contribution in [0.1, 0.15) is 0 Å². The van der Waals surface area contributed by atoms with Gasteiger partial charge in [0, 0.05) is 37.9 Å². The first-order valence-electron chi connectivity index (χ1n) is 7.72. The van der Waals surface area contributed by atoms with E-state index in [-0.39, 0.29) is 0 Å². The summed E-state index contributed by atoms with van der Waals surface area (Å²) in [5.41, 5.74) is 1.82. The molecule has 1 N–H and O–H groups in total. The highest BCUT2D eigenvalue weighted by atomic mass is 16.5. The van der Waals surface area contributed by atoms with Crippen LogP contribution >= 0.6 is 0 Å². The standard InChI is InChI=1S/C17H17N5O/c1-2-5-13(6-3-1)15-20-17(23-21-15)14-7-4-8-19-16(14)22-11-9-18-10-12-22/h1-8,18H,9-12H2. The molecule has 3 aromatic rings. The van der Waals surface area contributed by atoms with E-state index in [0.29, 0.717) is 11.7 Å². The van der Waals surface area contributed by atoms with Gasteiger partial charge in [0.05, 0.1) is 5.56 Å². The summed E-state index contributed by atoms with van der Waals surface area (Å²) in [4.78, 5) is 11.3. The lowest BCUT2D eigenvalue weighted by molar-refractivity contribution is 0.432. The summed E-state index contributed by atoms with van der Waals surface area (Å²) in [5, 5.41) is 7.45. The van der Waals surface area contributed by atoms with E-state index in [4.69, 9.17) is 4.52 Å². The molecule has 4 rings (SSSR count). The molecular formula is C17H17N5O. The Kier molecular flexibility index (Phi) is 3.73. The Balaban J connectivity index is 1.70. The largest absolute Gasteiger partial charge is 0.353 e. The Morgan fingerprint density at radius 3 is 2.65 bits per heavy atom. The molecule has 1 aliphatic rings. The van der Waals surface area contributed by atoms with Crippen molar-refractivity contribution in [2.75, 3.05) is 31.1 Å². The lowest BCUT2D eigenvalue weighted by Gasteiger charge is -2.29. The monoisotopic (exact) mass is 307 g/mol. The highest BCUT2D eigenvalue weighted by Crippen LogP contribution is 2.29. The zero-order valence-electron chi connectivity index (χ0n) is 12.6. The van der Waals surface area contributed by atoms with Crippen LogP contribution in [0.4, 0.5) is 5.82 Å². The third-order valence-corrected chi connectivity index (χ3v) is 3.89. The predicted molar refractivity (Wildman–Crippen MR) is 88.0 cm³/mol. The minimum absolute atomic E-state index is 0.505. The molecule has 0 unspecified atom stereocenters. The molecule has 3 heterocycles. The lowest BCUT2D eigenvalue weighted by Crippen LogP contribution is -2.44. The second kappa shape index (κ2) is 6.18. The topological polar surface area (TPSA) is 67.1 Å². The fraction of sp³-hybridized carbons (Fsp3) is 0.235. The number of aromatic nitrogens is 3. The Labute approximate surface area is 134 Å². The summed E-state index contributed by atoms with van der Waals surface area (Å²) in [7, 11) is 0. The van der Waals surface area contributed by atoms with E-state index in [1.807, 2.05) is 42.5 Å². The van der Waals surface area contributed by atoms with E-state index >= 15 is 0 Å². The van der Waals surface area contributed by atoms with Crippen LogP contribution in [0, 0.1) is 0 Å². The number of pyridine rings is 1. The molecule has 23 heavy (non-hydrogen) atoms.